The fraction of sp³-hybridized carbons (Fsp3) is 0. The number of anilines is 3. The van der Waals surface area contributed by atoms with E-state index in [0.717, 1.165) is 33.2 Å². The number of hydrogen-bond donors (Lipinski definition) is 0. The van der Waals surface area contributed by atoms with Crippen molar-refractivity contribution in [3.8, 4) is 0 Å². The maximum atomic E-state index is 5.95. The van der Waals surface area contributed by atoms with Crippen molar-refractivity contribution in [3.05, 3.63) is 125 Å². The summed E-state index contributed by atoms with van der Waals surface area (Å²) in [7, 11) is 0. The first-order valence-corrected chi connectivity index (χ1v) is 9.61. The lowest BCUT2D eigenvalue weighted by molar-refractivity contribution is 1.28. The third kappa shape index (κ3) is 4.33. The standard InChI is InChI=1S/C26H20ClN/c27-23-17-13-21(14-18-23)11-12-22-15-19-26(20-16-22)28(24-7-3-1-4-8-24)25-9-5-2-6-10-25/h1-20H. The van der Waals surface area contributed by atoms with E-state index < -0.39 is 0 Å². The molecule has 0 aliphatic rings. The molecule has 0 atom stereocenters. The van der Waals surface area contributed by atoms with E-state index in [1.54, 1.807) is 0 Å². The maximum absolute atomic E-state index is 5.95. The predicted molar refractivity (Wildman–Crippen MR) is 122 cm³/mol. The molecule has 0 saturated heterocycles. The van der Waals surface area contributed by atoms with Crippen molar-refractivity contribution >= 4 is 40.8 Å². The minimum Gasteiger partial charge on any atom is -0.311 e. The van der Waals surface area contributed by atoms with Crippen molar-refractivity contribution in [2.24, 2.45) is 0 Å². The van der Waals surface area contributed by atoms with Gasteiger partial charge in [0, 0.05) is 22.1 Å². The molecule has 4 aromatic carbocycles. The van der Waals surface area contributed by atoms with Crippen LogP contribution in [0.15, 0.2) is 109 Å². The van der Waals surface area contributed by atoms with E-state index in [2.05, 4.69) is 89.8 Å². The zero-order chi connectivity index (χ0) is 19.2. The number of rotatable bonds is 5. The smallest absolute Gasteiger partial charge is 0.0462 e. The minimum absolute atomic E-state index is 0.753. The van der Waals surface area contributed by atoms with Gasteiger partial charge in [0.2, 0.25) is 0 Å². The highest BCUT2D eigenvalue weighted by Crippen LogP contribution is 2.34. The van der Waals surface area contributed by atoms with Gasteiger partial charge in [-0.25, -0.2) is 0 Å². The first-order chi connectivity index (χ1) is 13.8. The Morgan fingerprint density at radius 3 is 1.32 bits per heavy atom. The summed E-state index contributed by atoms with van der Waals surface area (Å²) in [6.45, 7) is 0. The average Bonchev–Trinajstić information content (AvgIpc) is 2.76. The van der Waals surface area contributed by atoms with Crippen LogP contribution in [0.2, 0.25) is 5.02 Å². The van der Waals surface area contributed by atoms with Crippen LogP contribution in [0.1, 0.15) is 11.1 Å². The molecule has 0 aromatic heterocycles. The van der Waals surface area contributed by atoms with Gasteiger partial charge in [-0.05, 0) is 59.7 Å². The molecule has 1 nitrogen and oxygen atoms in total. The second-order valence-corrected chi connectivity index (χ2v) is 6.92. The molecule has 0 saturated carbocycles. The summed E-state index contributed by atoms with van der Waals surface area (Å²) in [6.07, 6.45) is 4.21. The van der Waals surface area contributed by atoms with Gasteiger partial charge in [0.15, 0.2) is 0 Å². The second kappa shape index (κ2) is 8.60. The molecule has 0 N–H and O–H groups in total. The van der Waals surface area contributed by atoms with E-state index >= 15 is 0 Å². The van der Waals surface area contributed by atoms with Crippen molar-refractivity contribution in [1.29, 1.82) is 0 Å². The van der Waals surface area contributed by atoms with Crippen molar-refractivity contribution in [1.82, 2.24) is 0 Å². The average molecular weight is 382 g/mol. The third-order valence-electron chi connectivity index (χ3n) is 4.52. The lowest BCUT2D eigenvalue weighted by atomic mass is 10.1. The summed E-state index contributed by atoms with van der Waals surface area (Å²) in [5.41, 5.74) is 5.68. The normalized spacial score (nSPS) is 10.9. The highest BCUT2D eigenvalue weighted by atomic mass is 35.5. The molecule has 0 amide bonds. The summed E-state index contributed by atoms with van der Waals surface area (Å²) in [4.78, 5) is 2.26. The van der Waals surface area contributed by atoms with Gasteiger partial charge in [0.25, 0.3) is 0 Å². The van der Waals surface area contributed by atoms with Gasteiger partial charge in [-0.2, -0.15) is 0 Å². The number of nitrogens with zero attached hydrogens (tertiary/aromatic N) is 1. The molecule has 0 aliphatic heterocycles. The quantitative estimate of drug-likeness (QED) is 0.317. The topological polar surface area (TPSA) is 3.24 Å². The fourth-order valence-corrected chi connectivity index (χ4v) is 3.23. The molecular weight excluding hydrogens is 362 g/mol. The van der Waals surface area contributed by atoms with Gasteiger partial charge in [0.1, 0.15) is 0 Å². The van der Waals surface area contributed by atoms with Gasteiger partial charge in [-0.1, -0.05) is 84.4 Å². The minimum atomic E-state index is 0.753. The Balaban J connectivity index is 1.62. The van der Waals surface area contributed by atoms with E-state index in [0.29, 0.717) is 0 Å². The Morgan fingerprint density at radius 2 is 0.857 bits per heavy atom. The van der Waals surface area contributed by atoms with Crippen LogP contribution in [0, 0.1) is 0 Å². The van der Waals surface area contributed by atoms with Crippen LogP contribution in [0.5, 0.6) is 0 Å². The van der Waals surface area contributed by atoms with Crippen molar-refractivity contribution in [2.45, 2.75) is 0 Å². The Bertz CT molecular complexity index is 998. The van der Waals surface area contributed by atoms with Crippen molar-refractivity contribution in [3.63, 3.8) is 0 Å². The molecule has 4 rings (SSSR count). The molecule has 0 heterocycles. The van der Waals surface area contributed by atoms with E-state index in [9.17, 15) is 0 Å². The van der Waals surface area contributed by atoms with Gasteiger partial charge < -0.3 is 4.90 Å². The molecule has 136 valence electrons. The zero-order valence-corrected chi connectivity index (χ0v) is 16.1. The van der Waals surface area contributed by atoms with Gasteiger partial charge in [-0.15, -0.1) is 0 Å². The number of benzene rings is 4. The van der Waals surface area contributed by atoms with Crippen LogP contribution in [-0.4, -0.2) is 0 Å². The summed E-state index contributed by atoms with van der Waals surface area (Å²) in [5.74, 6) is 0. The van der Waals surface area contributed by atoms with Crippen molar-refractivity contribution < 1.29 is 0 Å². The lowest BCUT2D eigenvalue weighted by Crippen LogP contribution is -2.09. The van der Waals surface area contributed by atoms with E-state index in [1.165, 1.54) is 0 Å². The Labute approximate surface area is 171 Å². The van der Waals surface area contributed by atoms with Crippen LogP contribution < -0.4 is 4.90 Å². The zero-order valence-electron chi connectivity index (χ0n) is 15.4. The molecule has 0 radical (unpaired) electrons. The van der Waals surface area contributed by atoms with Gasteiger partial charge in [-0.3, -0.25) is 0 Å². The van der Waals surface area contributed by atoms with E-state index in [-0.39, 0.29) is 0 Å². The summed E-state index contributed by atoms with van der Waals surface area (Å²) in [5, 5.41) is 0.753. The van der Waals surface area contributed by atoms with Crippen molar-refractivity contribution in [2.75, 3.05) is 4.90 Å². The Hall–Kier alpha value is -3.29. The van der Waals surface area contributed by atoms with Gasteiger partial charge >= 0.3 is 0 Å². The fourth-order valence-electron chi connectivity index (χ4n) is 3.10. The van der Waals surface area contributed by atoms with Crippen LogP contribution in [0.4, 0.5) is 17.1 Å². The first kappa shape index (κ1) is 18.1. The summed E-state index contributed by atoms with van der Waals surface area (Å²) in [6, 6.07) is 37.3. The second-order valence-electron chi connectivity index (χ2n) is 6.48. The number of halogens is 1. The lowest BCUT2D eigenvalue weighted by Gasteiger charge is -2.25. The molecule has 2 heteroatoms. The van der Waals surface area contributed by atoms with Gasteiger partial charge in [0.05, 0.1) is 0 Å². The van der Waals surface area contributed by atoms with E-state index in [1.807, 2.05) is 36.4 Å². The molecular formula is C26H20ClN. The number of para-hydroxylation sites is 2. The predicted octanol–water partition coefficient (Wildman–Crippen LogP) is 7.98. The van der Waals surface area contributed by atoms with Crippen LogP contribution in [0.3, 0.4) is 0 Å². The maximum Gasteiger partial charge on any atom is 0.0462 e. The number of hydrogen-bond acceptors (Lipinski definition) is 1. The monoisotopic (exact) mass is 381 g/mol. The molecule has 0 spiro atoms. The molecule has 4 aromatic rings. The van der Waals surface area contributed by atoms with Crippen LogP contribution >= 0.6 is 11.6 Å². The highest BCUT2D eigenvalue weighted by Gasteiger charge is 2.11. The molecule has 0 unspecified atom stereocenters. The summed E-state index contributed by atoms with van der Waals surface area (Å²) < 4.78 is 0. The molecule has 0 fully saturated rings. The SMILES string of the molecule is Clc1ccc(C=Cc2ccc(N(c3ccccc3)c3ccccc3)cc2)cc1. The Kier molecular flexibility index (Phi) is 5.56. The van der Waals surface area contributed by atoms with Crippen LogP contribution in [0.25, 0.3) is 12.2 Å². The molecule has 28 heavy (non-hydrogen) atoms. The molecule has 0 bridgehead atoms. The molecule has 0 aliphatic carbocycles. The largest absolute Gasteiger partial charge is 0.311 e. The highest BCUT2D eigenvalue weighted by molar-refractivity contribution is 6.30. The van der Waals surface area contributed by atoms with Crippen LogP contribution in [-0.2, 0) is 0 Å². The summed E-state index contributed by atoms with van der Waals surface area (Å²) >= 11 is 5.95. The third-order valence-corrected chi connectivity index (χ3v) is 4.77. The van der Waals surface area contributed by atoms with E-state index in [4.69, 9.17) is 11.6 Å². The first-order valence-electron chi connectivity index (χ1n) is 9.23. The Morgan fingerprint density at radius 1 is 0.464 bits per heavy atom.